The van der Waals surface area contributed by atoms with E-state index in [1.165, 1.54) is 24.6 Å². The van der Waals surface area contributed by atoms with E-state index in [0.29, 0.717) is 25.3 Å². The number of nitrogens with zero attached hydrogens (tertiary/aromatic N) is 3. The summed E-state index contributed by atoms with van der Waals surface area (Å²) in [6.45, 7) is 2.14. The molecule has 0 saturated heterocycles. The minimum absolute atomic E-state index is 0.0667. The van der Waals surface area contributed by atoms with Gasteiger partial charge in [0.05, 0.1) is 24.6 Å². The molecule has 1 amide bonds. The highest BCUT2D eigenvalue weighted by Gasteiger charge is 2.28. The fourth-order valence-electron chi connectivity index (χ4n) is 3.52. The van der Waals surface area contributed by atoms with Crippen molar-refractivity contribution in [2.24, 2.45) is 0 Å². The summed E-state index contributed by atoms with van der Waals surface area (Å²) in [6, 6.07) is 9.44. The van der Waals surface area contributed by atoms with Crippen molar-refractivity contribution in [3.8, 4) is 0 Å². The molecule has 28 heavy (non-hydrogen) atoms. The fourth-order valence-corrected chi connectivity index (χ4v) is 4.72. The number of aliphatic hydroxyl groups is 1. The largest absolute Gasteiger partial charge is 0.394 e. The summed E-state index contributed by atoms with van der Waals surface area (Å²) in [4.78, 5) is 35.7. The molecule has 3 heterocycles. The fraction of sp³-hybridized carbons (Fsp3) is 0.300. The van der Waals surface area contributed by atoms with Gasteiger partial charge >= 0.3 is 0 Å². The highest BCUT2D eigenvalue weighted by Crippen LogP contribution is 2.38. The lowest BCUT2D eigenvalue weighted by Crippen LogP contribution is -2.38. The average Bonchev–Trinajstić information content (AvgIpc) is 3.10. The Bertz CT molecular complexity index is 1030. The molecule has 0 spiro atoms. The Morgan fingerprint density at radius 2 is 2.07 bits per heavy atom. The van der Waals surface area contributed by atoms with Gasteiger partial charge in [0, 0.05) is 18.3 Å². The van der Waals surface area contributed by atoms with Crippen molar-refractivity contribution in [3.63, 3.8) is 0 Å². The molecular formula is C20H20N4O3S. The van der Waals surface area contributed by atoms with Crippen LogP contribution in [-0.2, 0) is 22.6 Å². The molecule has 0 fully saturated rings. The highest BCUT2D eigenvalue weighted by molar-refractivity contribution is 7.19. The van der Waals surface area contributed by atoms with Crippen molar-refractivity contribution in [1.82, 2.24) is 14.9 Å². The normalized spacial score (nSPS) is 14.6. The molecule has 0 bridgehead atoms. The summed E-state index contributed by atoms with van der Waals surface area (Å²) in [7, 11) is 0. The van der Waals surface area contributed by atoms with Crippen LogP contribution in [0.25, 0.3) is 10.2 Å². The van der Waals surface area contributed by atoms with Crippen molar-refractivity contribution in [2.75, 3.05) is 18.5 Å². The first-order valence-corrected chi connectivity index (χ1v) is 9.87. The first-order chi connectivity index (χ1) is 13.6. The van der Waals surface area contributed by atoms with Crippen LogP contribution < -0.4 is 5.32 Å². The Hall–Kier alpha value is -2.84. The van der Waals surface area contributed by atoms with Crippen LogP contribution in [0, 0.1) is 0 Å². The third-order valence-corrected chi connectivity index (χ3v) is 6.05. The highest BCUT2D eigenvalue weighted by atomic mass is 32.1. The number of nitrogens with one attached hydrogen (secondary N) is 1. The Morgan fingerprint density at radius 1 is 1.29 bits per heavy atom. The van der Waals surface area contributed by atoms with Gasteiger partial charge in [-0.25, -0.2) is 9.97 Å². The van der Waals surface area contributed by atoms with Crippen LogP contribution >= 0.6 is 11.3 Å². The number of fused-ring (bicyclic) bond motifs is 3. The van der Waals surface area contributed by atoms with Gasteiger partial charge in [0.15, 0.2) is 0 Å². The molecule has 1 atom stereocenters. The van der Waals surface area contributed by atoms with E-state index in [9.17, 15) is 14.7 Å². The molecule has 0 unspecified atom stereocenters. The number of hydrogen-bond donors (Lipinski definition) is 2. The number of rotatable bonds is 5. The molecular weight excluding hydrogens is 376 g/mol. The maximum absolute atomic E-state index is 12.0. The number of ketones is 1. The predicted octanol–water partition coefficient (Wildman–Crippen LogP) is 2.31. The molecule has 1 aromatic carbocycles. The van der Waals surface area contributed by atoms with Crippen LogP contribution in [0.3, 0.4) is 0 Å². The zero-order chi connectivity index (χ0) is 19.7. The number of hydrogen-bond acceptors (Lipinski definition) is 7. The SMILES string of the molecule is CC(=O)C(=O)N1CCc2c(sc3ncnc(N[C@H](CO)c4ccccc4)c23)C1. The Balaban J connectivity index is 1.68. The average molecular weight is 396 g/mol. The Labute approximate surface area is 166 Å². The van der Waals surface area contributed by atoms with Gasteiger partial charge < -0.3 is 15.3 Å². The molecule has 2 aromatic heterocycles. The van der Waals surface area contributed by atoms with Crippen LogP contribution in [0.4, 0.5) is 5.82 Å². The number of aromatic nitrogens is 2. The van der Waals surface area contributed by atoms with E-state index < -0.39 is 11.7 Å². The summed E-state index contributed by atoms with van der Waals surface area (Å²) in [5, 5.41) is 14.2. The molecule has 1 aliphatic heterocycles. The van der Waals surface area contributed by atoms with Gasteiger partial charge in [-0.3, -0.25) is 9.59 Å². The van der Waals surface area contributed by atoms with Crippen molar-refractivity contribution in [2.45, 2.75) is 25.9 Å². The minimum atomic E-state index is -0.447. The first kappa shape index (κ1) is 18.5. The number of carbonyl (C=O) groups is 2. The smallest absolute Gasteiger partial charge is 0.289 e. The third kappa shape index (κ3) is 3.36. The molecule has 2 N–H and O–H groups in total. The molecule has 1 aliphatic rings. The lowest BCUT2D eigenvalue weighted by atomic mass is 10.0. The predicted molar refractivity (Wildman–Crippen MR) is 107 cm³/mol. The number of carbonyl (C=O) groups excluding carboxylic acids is 2. The Morgan fingerprint density at radius 3 is 2.79 bits per heavy atom. The maximum atomic E-state index is 12.0. The number of Topliss-reactive ketones (excluding diaryl/α,β-unsaturated/α-hetero) is 1. The quantitative estimate of drug-likeness (QED) is 0.643. The number of aliphatic hydroxyl groups excluding tert-OH is 1. The van der Waals surface area contributed by atoms with Crippen molar-refractivity contribution >= 4 is 39.1 Å². The molecule has 0 aliphatic carbocycles. The van der Waals surface area contributed by atoms with Crippen molar-refractivity contribution < 1.29 is 14.7 Å². The van der Waals surface area contributed by atoms with E-state index in [0.717, 1.165) is 26.2 Å². The summed E-state index contributed by atoms with van der Waals surface area (Å²) >= 11 is 1.52. The molecule has 3 aromatic rings. The number of benzene rings is 1. The number of amides is 1. The second-order valence-electron chi connectivity index (χ2n) is 6.73. The van der Waals surface area contributed by atoms with Gasteiger partial charge in [-0.05, 0) is 17.5 Å². The Kier molecular flexibility index (Phi) is 5.06. The van der Waals surface area contributed by atoms with Crippen LogP contribution in [0.1, 0.15) is 29.0 Å². The summed E-state index contributed by atoms with van der Waals surface area (Å²) in [6.07, 6.45) is 2.15. The van der Waals surface area contributed by atoms with Crippen molar-refractivity contribution in [3.05, 3.63) is 52.7 Å². The second-order valence-corrected chi connectivity index (χ2v) is 7.81. The molecule has 7 nitrogen and oxygen atoms in total. The van der Waals surface area contributed by atoms with Crippen LogP contribution in [-0.4, -0.2) is 44.8 Å². The number of thiophene rings is 1. The summed E-state index contributed by atoms with van der Waals surface area (Å²) in [5.41, 5.74) is 2.08. The van der Waals surface area contributed by atoms with Gasteiger partial charge in [-0.2, -0.15) is 0 Å². The lowest BCUT2D eigenvalue weighted by molar-refractivity contribution is -0.144. The van der Waals surface area contributed by atoms with E-state index in [1.807, 2.05) is 30.3 Å². The van der Waals surface area contributed by atoms with Crippen LogP contribution in [0.2, 0.25) is 0 Å². The first-order valence-electron chi connectivity index (χ1n) is 9.06. The zero-order valence-corrected chi connectivity index (χ0v) is 16.2. The van der Waals surface area contributed by atoms with E-state index in [1.54, 1.807) is 4.90 Å². The third-order valence-electron chi connectivity index (χ3n) is 4.92. The molecule has 4 rings (SSSR count). The molecule has 0 saturated carbocycles. The van der Waals surface area contributed by atoms with E-state index in [4.69, 9.17) is 0 Å². The maximum Gasteiger partial charge on any atom is 0.289 e. The van der Waals surface area contributed by atoms with Crippen LogP contribution in [0.5, 0.6) is 0 Å². The van der Waals surface area contributed by atoms with Gasteiger partial charge in [-0.15, -0.1) is 11.3 Å². The lowest BCUT2D eigenvalue weighted by Gasteiger charge is -2.26. The van der Waals surface area contributed by atoms with E-state index in [2.05, 4.69) is 15.3 Å². The minimum Gasteiger partial charge on any atom is -0.394 e. The zero-order valence-electron chi connectivity index (χ0n) is 15.4. The standard InChI is InChI=1S/C20H20N4O3S/c1-12(26)20(27)24-8-7-14-16(9-24)28-19-17(14)18(21-11-22-19)23-15(10-25)13-5-3-2-4-6-13/h2-6,11,15,25H,7-10H2,1H3,(H,21,22,23)/t15-/m1/s1. The summed E-state index contributed by atoms with van der Waals surface area (Å²) < 4.78 is 0. The second kappa shape index (κ2) is 7.65. The van der Waals surface area contributed by atoms with Crippen LogP contribution in [0.15, 0.2) is 36.7 Å². The topological polar surface area (TPSA) is 95.4 Å². The van der Waals surface area contributed by atoms with Gasteiger partial charge in [0.2, 0.25) is 5.78 Å². The summed E-state index contributed by atoms with van der Waals surface area (Å²) in [5.74, 6) is -0.214. The van der Waals surface area contributed by atoms with Gasteiger partial charge in [-0.1, -0.05) is 30.3 Å². The molecule has 0 radical (unpaired) electrons. The number of anilines is 1. The van der Waals surface area contributed by atoms with Crippen molar-refractivity contribution in [1.29, 1.82) is 0 Å². The van der Waals surface area contributed by atoms with E-state index in [-0.39, 0.29) is 12.6 Å². The molecule has 8 heteroatoms. The monoisotopic (exact) mass is 396 g/mol. The van der Waals surface area contributed by atoms with E-state index >= 15 is 0 Å². The molecule has 144 valence electrons. The van der Waals surface area contributed by atoms with Gasteiger partial charge in [0.1, 0.15) is 17.0 Å². The van der Waals surface area contributed by atoms with Gasteiger partial charge in [0.25, 0.3) is 5.91 Å².